The molecule has 3 rings (SSSR count). The van der Waals surface area contributed by atoms with Crippen molar-refractivity contribution in [2.75, 3.05) is 0 Å². The lowest BCUT2D eigenvalue weighted by molar-refractivity contribution is 0.363. The summed E-state index contributed by atoms with van der Waals surface area (Å²) in [4.78, 5) is 4.43. The maximum Gasteiger partial charge on any atom is 0.253 e. The summed E-state index contributed by atoms with van der Waals surface area (Å²) in [6.07, 6.45) is 5.88. The highest BCUT2D eigenvalue weighted by Gasteiger charge is 2.36. The van der Waals surface area contributed by atoms with E-state index in [-0.39, 0.29) is 18.2 Å². The minimum absolute atomic E-state index is 0. The van der Waals surface area contributed by atoms with E-state index in [4.69, 9.17) is 10.3 Å². The molecule has 0 spiro atoms. The summed E-state index contributed by atoms with van der Waals surface area (Å²) in [5.74, 6) is 0.795. The molecule has 1 aromatic heterocycles. The number of hydrogen-bond acceptors (Lipinski definition) is 4. The quantitative estimate of drug-likeness (QED) is 0.929. The van der Waals surface area contributed by atoms with Gasteiger partial charge in [-0.3, -0.25) is 0 Å². The van der Waals surface area contributed by atoms with Crippen LogP contribution < -0.4 is 5.73 Å². The number of rotatable bonds is 3. The van der Waals surface area contributed by atoms with Crippen molar-refractivity contribution in [3.05, 3.63) is 47.4 Å². The largest absolute Gasteiger partial charge is 0.334 e. The van der Waals surface area contributed by atoms with Crippen molar-refractivity contribution in [2.45, 2.75) is 38.1 Å². The molecular weight excluding hydrogens is 305 g/mol. The van der Waals surface area contributed by atoms with E-state index in [2.05, 4.69) is 10.1 Å². The van der Waals surface area contributed by atoms with Crippen LogP contribution in [0.15, 0.2) is 28.8 Å². The first-order chi connectivity index (χ1) is 10.1. The SMILES string of the molecule is C/C(=C/c1ccc(F)cc1)c1nc(C2(N)CCCC2)no1.Cl. The van der Waals surface area contributed by atoms with E-state index in [1.807, 2.05) is 13.0 Å². The Bertz CT molecular complexity index is 660. The third kappa shape index (κ3) is 3.36. The molecule has 4 nitrogen and oxygen atoms in total. The Morgan fingerprint density at radius 3 is 2.55 bits per heavy atom. The fraction of sp³-hybridized carbons (Fsp3) is 0.375. The molecule has 0 radical (unpaired) electrons. The first-order valence-corrected chi connectivity index (χ1v) is 7.14. The molecule has 1 fully saturated rings. The van der Waals surface area contributed by atoms with Crippen molar-refractivity contribution < 1.29 is 8.91 Å². The highest BCUT2D eigenvalue weighted by atomic mass is 35.5. The number of aromatic nitrogens is 2. The Kier molecular flexibility index (Phi) is 4.98. The molecule has 0 saturated heterocycles. The Labute approximate surface area is 135 Å². The van der Waals surface area contributed by atoms with Crippen molar-refractivity contribution in [2.24, 2.45) is 5.73 Å². The molecule has 0 atom stereocenters. The molecule has 1 aliphatic rings. The first kappa shape index (κ1) is 16.6. The molecule has 2 aromatic rings. The van der Waals surface area contributed by atoms with Gasteiger partial charge in [-0.25, -0.2) is 4.39 Å². The van der Waals surface area contributed by atoms with Gasteiger partial charge in [-0.1, -0.05) is 30.1 Å². The summed E-state index contributed by atoms with van der Waals surface area (Å²) in [7, 11) is 0. The second-order valence-electron chi connectivity index (χ2n) is 5.67. The van der Waals surface area contributed by atoms with Crippen molar-refractivity contribution >= 4 is 24.1 Å². The molecule has 0 bridgehead atoms. The van der Waals surface area contributed by atoms with Crippen LogP contribution in [0.25, 0.3) is 11.6 Å². The van der Waals surface area contributed by atoms with Crippen LogP contribution in [0.2, 0.25) is 0 Å². The molecule has 22 heavy (non-hydrogen) atoms. The van der Waals surface area contributed by atoms with Crippen LogP contribution in [0.5, 0.6) is 0 Å². The summed E-state index contributed by atoms with van der Waals surface area (Å²) >= 11 is 0. The van der Waals surface area contributed by atoms with Gasteiger partial charge < -0.3 is 10.3 Å². The van der Waals surface area contributed by atoms with Gasteiger partial charge >= 0.3 is 0 Å². The van der Waals surface area contributed by atoms with Crippen LogP contribution in [0.1, 0.15) is 49.9 Å². The van der Waals surface area contributed by atoms with E-state index in [0.29, 0.717) is 11.7 Å². The zero-order chi connectivity index (χ0) is 14.9. The molecule has 118 valence electrons. The van der Waals surface area contributed by atoms with Gasteiger partial charge in [-0.2, -0.15) is 4.98 Å². The van der Waals surface area contributed by atoms with E-state index in [0.717, 1.165) is 36.8 Å². The normalized spacial score (nSPS) is 17.3. The molecule has 1 aliphatic carbocycles. The molecule has 1 heterocycles. The zero-order valence-electron chi connectivity index (χ0n) is 12.4. The lowest BCUT2D eigenvalue weighted by atomic mass is 9.99. The molecule has 1 saturated carbocycles. The van der Waals surface area contributed by atoms with E-state index >= 15 is 0 Å². The summed E-state index contributed by atoms with van der Waals surface area (Å²) in [5.41, 5.74) is 7.59. The molecule has 1 aromatic carbocycles. The lowest BCUT2D eigenvalue weighted by Crippen LogP contribution is -2.34. The topological polar surface area (TPSA) is 64.9 Å². The van der Waals surface area contributed by atoms with Gasteiger partial charge in [0, 0.05) is 5.57 Å². The van der Waals surface area contributed by atoms with Gasteiger partial charge in [0.2, 0.25) is 0 Å². The fourth-order valence-electron chi connectivity index (χ4n) is 2.69. The van der Waals surface area contributed by atoms with E-state index in [1.165, 1.54) is 12.1 Å². The van der Waals surface area contributed by atoms with Crippen LogP contribution in [-0.4, -0.2) is 10.1 Å². The highest BCUT2D eigenvalue weighted by Crippen LogP contribution is 2.35. The minimum Gasteiger partial charge on any atom is -0.334 e. The Morgan fingerprint density at radius 2 is 1.91 bits per heavy atom. The van der Waals surface area contributed by atoms with E-state index in [1.54, 1.807) is 12.1 Å². The predicted molar refractivity (Wildman–Crippen MR) is 85.8 cm³/mol. The minimum atomic E-state index is -0.447. The van der Waals surface area contributed by atoms with Crippen molar-refractivity contribution in [1.29, 1.82) is 0 Å². The van der Waals surface area contributed by atoms with Crippen LogP contribution >= 0.6 is 12.4 Å². The molecule has 0 aliphatic heterocycles. The Balaban J connectivity index is 0.00000176. The predicted octanol–water partition coefficient (Wildman–Crippen LogP) is 3.92. The van der Waals surface area contributed by atoms with Crippen molar-refractivity contribution in [1.82, 2.24) is 10.1 Å². The number of nitrogens with zero attached hydrogens (tertiary/aromatic N) is 2. The van der Waals surface area contributed by atoms with Gasteiger partial charge in [0.05, 0.1) is 5.54 Å². The molecule has 2 N–H and O–H groups in total. The number of benzene rings is 1. The van der Waals surface area contributed by atoms with Gasteiger partial charge in [-0.15, -0.1) is 12.4 Å². The monoisotopic (exact) mass is 323 g/mol. The number of allylic oxidation sites excluding steroid dienone is 1. The summed E-state index contributed by atoms with van der Waals surface area (Å²) in [5, 5.41) is 4.03. The zero-order valence-corrected chi connectivity index (χ0v) is 13.2. The standard InChI is InChI=1S/C16H18FN3O.ClH/c1-11(10-12-4-6-13(17)7-5-12)14-19-15(20-21-14)16(18)8-2-3-9-16;/h4-7,10H,2-3,8-9,18H2,1H3;1H/b11-10-;. The number of nitrogens with two attached hydrogens (primary N) is 1. The molecule has 0 amide bonds. The third-order valence-corrected chi connectivity index (χ3v) is 3.96. The second kappa shape index (κ2) is 6.58. The second-order valence-corrected chi connectivity index (χ2v) is 5.67. The maximum atomic E-state index is 12.9. The van der Waals surface area contributed by atoms with Gasteiger partial charge in [-0.05, 0) is 43.5 Å². The average Bonchev–Trinajstić information content (AvgIpc) is 3.11. The summed E-state index contributed by atoms with van der Waals surface area (Å²) < 4.78 is 18.2. The summed E-state index contributed by atoms with van der Waals surface area (Å²) in [6, 6.07) is 6.26. The fourth-order valence-corrected chi connectivity index (χ4v) is 2.69. The Hall–Kier alpha value is -1.72. The molecule has 6 heteroatoms. The average molecular weight is 324 g/mol. The Morgan fingerprint density at radius 1 is 1.27 bits per heavy atom. The molecular formula is C16H19ClFN3O. The lowest BCUT2D eigenvalue weighted by Gasteiger charge is -2.17. The number of halogens is 2. The first-order valence-electron chi connectivity index (χ1n) is 7.14. The van der Waals surface area contributed by atoms with Crippen molar-refractivity contribution in [3.8, 4) is 0 Å². The summed E-state index contributed by atoms with van der Waals surface area (Å²) in [6.45, 7) is 1.89. The van der Waals surface area contributed by atoms with Gasteiger partial charge in [0.1, 0.15) is 5.82 Å². The van der Waals surface area contributed by atoms with Gasteiger partial charge in [0.25, 0.3) is 5.89 Å². The smallest absolute Gasteiger partial charge is 0.253 e. The highest BCUT2D eigenvalue weighted by molar-refractivity contribution is 5.85. The van der Waals surface area contributed by atoms with Crippen LogP contribution in [0.4, 0.5) is 4.39 Å². The number of hydrogen-bond donors (Lipinski definition) is 1. The van der Waals surface area contributed by atoms with Gasteiger partial charge in [0.15, 0.2) is 5.82 Å². The van der Waals surface area contributed by atoms with Crippen LogP contribution in [-0.2, 0) is 5.54 Å². The maximum absolute atomic E-state index is 12.9. The van der Waals surface area contributed by atoms with E-state index < -0.39 is 5.54 Å². The van der Waals surface area contributed by atoms with Crippen molar-refractivity contribution in [3.63, 3.8) is 0 Å². The van der Waals surface area contributed by atoms with Crippen LogP contribution in [0, 0.1) is 5.82 Å². The molecule has 0 unspecified atom stereocenters. The van der Waals surface area contributed by atoms with Crippen LogP contribution in [0.3, 0.4) is 0 Å². The van der Waals surface area contributed by atoms with E-state index in [9.17, 15) is 4.39 Å². The third-order valence-electron chi connectivity index (χ3n) is 3.96.